The fourth-order valence-corrected chi connectivity index (χ4v) is 5.21. The summed E-state index contributed by atoms with van der Waals surface area (Å²) in [7, 11) is -1.25. The molecule has 1 aromatic rings. The van der Waals surface area contributed by atoms with Crippen molar-refractivity contribution >= 4 is 14.4 Å². The van der Waals surface area contributed by atoms with Crippen LogP contribution in [0.4, 0.5) is 0 Å². The molecular formula is C17H28OSi. The summed E-state index contributed by atoms with van der Waals surface area (Å²) in [5, 5.41) is 0. The molecule has 0 aromatic heterocycles. The minimum absolute atomic E-state index is 0.216. The van der Waals surface area contributed by atoms with E-state index < -0.39 is 8.32 Å². The molecule has 1 fully saturated rings. The standard InChI is InChI=1S/C9H20OSi.C8H8/c1-5-9(2)7-6-8-11(3,4)10-9;1-2-8-6-4-3-5-7-8/h5-8H2,1-4H3;2-7H,1H2. The first kappa shape index (κ1) is 16.2. The summed E-state index contributed by atoms with van der Waals surface area (Å²) in [6.45, 7) is 12.8. The average molecular weight is 276 g/mol. The maximum Gasteiger partial charge on any atom is 0.187 e. The van der Waals surface area contributed by atoms with Crippen molar-refractivity contribution in [1.29, 1.82) is 0 Å². The Morgan fingerprint density at radius 3 is 2.32 bits per heavy atom. The Balaban J connectivity index is 0.000000200. The van der Waals surface area contributed by atoms with E-state index in [-0.39, 0.29) is 5.60 Å². The van der Waals surface area contributed by atoms with E-state index in [1.165, 1.54) is 30.9 Å². The molecule has 2 rings (SSSR count). The van der Waals surface area contributed by atoms with Crippen LogP contribution in [-0.4, -0.2) is 13.9 Å². The molecule has 1 heterocycles. The molecule has 1 nitrogen and oxygen atoms in total. The second-order valence-electron chi connectivity index (χ2n) is 6.13. The molecule has 106 valence electrons. The number of rotatable bonds is 2. The normalized spacial score (nSPS) is 25.1. The Morgan fingerprint density at radius 2 is 1.95 bits per heavy atom. The lowest BCUT2D eigenvalue weighted by atomic mass is 9.98. The third-order valence-corrected chi connectivity index (χ3v) is 6.39. The van der Waals surface area contributed by atoms with Gasteiger partial charge in [-0.2, -0.15) is 0 Å². The average Bonchev–Trinajstić information content (AvgIpc) is 2.39. The fourth-order valence-electron chi connectivity index (χ4n) is 2.50. The molecule has 0 radical (unpaired) electrons. The van der Waals surface area contributed by atoms with Gasteiger partial charge in [0.1, 0.15) is 0 Å². The highest BCUT2D eigenvalue weighted by atomic mass is 28.4. The zero-order chi connectivity index (χ0) is 14.4. The van der Waals surface area contributed by atoms with Crippen molar-refractivity contribution < 1.29 is 4.43 Å². The fraction of sp³-hybridized carbons (Fsp3) is 0.529. The molecule has 1 aromatic carbocycles. The molecule has 1 aliphatic rings. The zero-order valence-electron chi connectivity index (χ0n) is 12.9. The van der Waals surface area contributed by atoms with Crippen molar-refractivity contribution in [1.82, 2.24) is 0 Å². The van der Waals surface area contributed by atoms with Gasteiger partial charge in [-0.1, -0.05) is 56.3 Å². The van der Waals surface area contributed by atoms with Crippen molar-refractivity contribution in [2.75, 3.05) is 0 Å². The summed E-state index contributed by atoms with van der Waals surface area (Å²) in [5.41, 5.74) is 1.39. The molecule has 1 atom stereocenters. The molecule has 1 unspecified atom stereocenters. The minimum atomic E-state index is -1.25. The lowest BCUT2D eigenvalue weighted by Gasteiger charge is -2.42. The van der Waals surface area contributed by atoms with E-state index in [0.717, 1.165) is 0 Å². The smallest absolute Gasteiger partial charge is 0.187 e. The second kappa shape index (κ2) is 7.06. The van der Waals surface area contributed by atoms with E-state index in [4.69, 9.17) is 4.43 Å². The van der Waals surface area contributed by atoms with Gasteiger partial charge < -0.3 is 4.43 Å². The van der Waals surface area contributed by atoms with Crippen molar-refractivity contribution in [2.24, 2.45) is 0 Å². The Morgan fingerprint density at radius 1 is 1.32 bits per heavy atom. The molecule has 0 saturated carbocycles. The molecule has 0 N–H and O–H groups in total. The summed E-state index contributed by atoms with van der Waals surface area (Å²) < 4.78 is 6.15. The van der Waals surface area contributed by atoms with E-state index in [9.17, 15) is 0 Å². The Hall–Kier alpha value is -0.863. The first-order valence-corrected chi connectivity index (χ1v) is 10.4. The lowest BCUT2D eigenvalue weighted by molar-refractivity contribution is 0.0493. The van der Waals surface area contributed by atoms with Crippen LogP contribution in [0.25, 0.3) is 6.08 Å². The second-order valence-corrected chi connectivity index (χ2v) is 10.4. The van der Waals surface area contributed by atoms with E-state index in [1.807, 2.05) is 36.4 Å². The van der Waals surface area contributed by atoms with Crippen molar-refractivity contribution in [3.63, 3.8) is 0 Å². The van der Waals surface area contributed by atoms with Crippen LogP contribution in [0.1, 0.15) is 38.7 Å². The monoisotopic (exact) mass is 276 g/mol. The minimum Gasteiger partial charge on any atom is -0.412 e. The van der Waals surface area contributed by atoms with Gasteiger partial charge in [0, 0.05) is 0 Å². The van der Waals surface area contributed by atoms with Crippen LogP contribution in [0.3, 0.4) is 0 Å². The molecule has 0 aliphatic carbocycles. The molecule has 2 heteroatoms. The van der Waals surface area contributed by atoms with Gasteiger partial charge in [0.2, 0.25) is 0 Å². The highest BCUT2D eigenvalue weighted by Crippen LogP contribution is 2.35. The van der Waals surface area contributed by atoms with Crippen LogP contribution in [0.15, 0.2) is 36.9 Å². The van der Waals surface area contributed by atoms with Gasteiger partial charge in [-0.3, -0.25) is 0 Å². The SMILES string of the molecule is C=Cc1ccccc1.CCC1(C)CCC[Si](C)(C)O1. The number of hydrogen-bond acceptors (Lipinski definition) is 1. The molecule has 0 bridgehead atoms. The maximum atomic E-state index is 6.15. The van der Waals surface area contributed by atoms with Gasteiger partial charge >= 0.3 is 0 Å². The van der Waals surface area contributed by atoms with Crippen LogP contribution in [-0.2, 0) is 4.43 Å². The predicted molar refractivity (Wildman–Crippen MR) is 87.8 cm³/mol. The van der Waals surface area contributed by atoms with E-state index >= 15 is 0 Å². The Bertz CT molecular complexity index is 386. The predicted octanol–water partition coefficient (Wildman–Crippen LogP) is 5.50. The Kier molecular flexibility index (Phi) is 6.02. The van der Waals surface area contributed by atoms with E-state index in [1.54, 1.807) is 0 Å². The largest absolute Gasteiger partial charge is 0.412 e. The molecule has 1 saturated heterocycles. The van der Waals surface area contributed by atoms with Gasteiger partial charge in [-0.25, -0.2) is 0 Å². The first-order valence-electron chi connectivity index (χ1n) is 7.28. The Labute approximate surface area is 119 Å². The highest BCUT2D eigenvalue weighted by molar-refractivity contribution is 6.71. The zero-order valence-corrected chi connectivity index (χ0v) is 13.9. The van der Waals surface area contributed by atoms with Crippen LogP contribution in [0.5, 0.6) is 0 Å². The number of benzene rings is 1. The van der Waals surface area contributed by atoms with Crippen molar-refractivity contribution in [3.8, 4) is 0 Å². The van der Waals surface area contributed by atoms with Crippen molar-refractivity contribution in [2.45, 2.75) is 57.8 Å². The summed E-state index contributed by atoms with van der Waals surface area (Å²) in [6.07, 6.45) is 5.65. The molecule has 1 aliphatic heterocycles. The topological polar surface area (TPSA) is 9.23 Å². The van der Waals surface area contributed by atoms with Gasteiger partial charge in [0.15, 0.2) is 8.32 Å². The summed E-state index contributed by atoms with van der Waals surface area (Å²) in [5.74, 6) is 0. The first-order chi connectivity index (χ1) is 8.91. The van der Waals surface area contributed by atoms with Gasteiger partial charge in [0.25, 0.3) is 0 Å². The number of hydrogen-bond donors (Lipinski definition) is 0. The van der Waals surface area contributed by atoms with Crippen LogP contribution < -0.4 is 0 Å². The molecular weight excluding hydrogens is 248 g/mol. The van der Waals surface area contributed by atoms with E-state index in [2.05, 4.69) is 33.5 Å². The van der Waals surface area contributed by atoms with Gasteiger partial charge in [-0.05, 0) is 44.5 Å². The quantitative estimate of drug-likeness (QED) is 0.648. The highest BCUT2D eigenvalue weighted by Gasteiger charge is 2.37. The molecule has 0 spiro atoms. The summed E-state index contributed by atoms with van der Waals surface area (Å²) in [4.78, 5) is 0. The molecule has 19 heavy (non-hydrogen) atoms. The van der Waals surface area contributed by atoms with Crippen LogP contribution in [0.2, 0.25) is 19.1 Å². The third-order valence-electron chi connectivity index (χ3n) is 3.79. The summed E-state index contributed by atoms with van der Waals surface area (Å²) in [6, 6.07) is 11.4. The lowest BCUT2D eigenvalue weighted by Crippen LogP contribution is -2.46. The van der Waals surface area contributed by atoms with Crippen molar-refractivity contribution in [3.05, 3.63) is 42.5 Å². The van der Waals surface area contributed by atoms with E-state index in [0.29, 0.717) is 0 Å². The third kappa shape index (κ3) is 5.75. The molecule has 0 amide bonds. The van der Waals surface area contributed by atoms with Gasteiger partial charge in [0.05, 0.1) is 5.60 Å². The van der Waals surface area contributed by atoms with Crippen LogP contribution in [0, 0.1) is 0 Å². The summed E-state index contributed by atoms with van der Waals surface area (Å²) >= 11 is 0. The maximum absolute atomic E-state index is 6.15. The van der Waals surface area contributed by atoms with Crippen LogP contribution >= 0.6 is 0 Å². The van der Waals surface area contributed by atoms with Gasteiger partial charge in [-0.15, -0.1) is 0 Å².